The Labute approximate surface area is 389 Å². The Morgan fingerprint density at radius 1 is 0.524 bits per heavy atom. The minimum Gasteiger partial charge on any atom is -0.659 e. The van der Waals surface area contributed by atoms with Gasteiger partial charge in [-0.1, -0.05) is 178 Å². The van der Waals surface area contributed by atoms with Gasteiger partial charge in [-0.15, -0.1) is 22.8 Å². The Bertz CT molecular complexity index is 2360. The number of nitriles is 1. The van der Waals surface area contributed by atoms with E-state index in [9.17, 15) is 5.26 Å². The normalized spacial score (nSPS) is 20.9. The van der Waals surface area contributed by atoms with Gasteiger partial charge in [-0.3, -0.25) is 9.98 Å². The molecule has 0 saturated heterocycles. The molecule has 0 saturated carbocycles. The van der Waals surface area contributed by atoms with Crippen molar-refractivity contribution in [3.63, 3.8) is 0 Å². The summed E-state index contributed by atoms with van der Waals surface area (Å²) >= 11 is 0. The molecule has 63 heavy (non-hydrogen) atoms. The fourth-order valence-electron chi connectivity index (χ4n) is 11.1. The molecule has 3 aliphatic rings. The molecule has 2 aromatic heterocycles. The Balaban J connectivity index is 0.00000661. The van der Waals surface area contributed by atoms with Crippen molar-refractivity contribution in [2.24, 2.45) is 15.9 Å². The number of aliphatic imine (C=N–C) groups is 2. The zero-order valence-electron chi connectivity index (χ0n) is 39.8. The molecule has 8 bridgehead atoms. The number of fused-ring (bicyclic) bond motifs is 6. The molecule has 5 heterocycles. The van der Waals surface area contributed by atoms with Gasteiger partial charge in [0.25, 0.3) is 0 Å². The van der Waals surface area contributed by atoms with E-state index in [0.717, 1.165) is 140 Å². The molecule has 5 nitrogen and oxygen atoms in total. The van der Waals surface area contributed by atoms with Gasteiger partial charge >= 0.3 is 16.5 Å². The summed E-state index contributed by atoms with van der Waals surface area (Å²) in [7, 11) is 0. The topological polar surface area (TPSA) is 76.7 Å². The summed E-state index contributed by atoms with van der Waals surface area (Å²) in [4.78, 5) is 23.7. The van der Waals surface area contributed by atoms with Gasteiger partial charge in [0.05, 0.1) is 34.3 Å². The van der Waals surface area contributed by atoms with Crippen molar-refractivity contribution in [1.82, 2.24) is 9.97 Å². The minimum atomic E-state index is -1.05. The first-order chi connectivity index (χ1) is 30.3. The van der Waals surface area contributed by atoms with Crippen LogP contribution in [0.15, 0.2) is 104 Å². The van der Waals surface area contributed by atoms with Crippen LogP contribution in [0.2, 0.25) is 0 Å². The zero-order valence-corrected chi connectivity index (χ0v) is 40.8. The average Bonchev–Trinajstić information content (AvgIpc) is 4.08. The first-order valence-corrected chi connectivity index (χ1v) is 24.3. The predicted octanol–water partition coefficient (Wildman–Crippen LogP) is 14.3. The van der Waals surface area contributed by atoms with Crippen LogP contribution in [0.25, 0.3) is 11.1 Å². The second-order valence-electron chi connectivity index (χ2n) is 17.3. The molecule has 7 rings (SSSR count). The summed E-state index contributed by atoms with van der Waals surface area (Å²) in [5.74, 6) is 0.0419. The van der Waals surface area contributed by atoms with Gasteiger partial charge in [0.2, 0.25) is 0 Å². The van der Waals surface area contributed by atoms with Gasteiger partial charge in [0, 0.05) is 5.92 Å². The molecule has 0 unspecified atom stereocenters. The van der Waals surface area contributed by atoms with Crippen LogP contribution in [-0.4, -0.2) is 11.4 Å². The zero-order chi connectivity index (χ0) is 44.1. The summed E-state index contributed by atoms with van der Waals surface area (Å²) in [6, 6.07) is 24.7. The van der Waals surface area contributed by atoms with Crippen LogP contribution in [0.1, 0.15) is 190 Å². The maximum absolute atomic E-state index is 12.1. The molecule has 332 valence electrons. The second-order valence-corrected chi connectivity index (χ2v) is 17.3. The number of hydrogen-bond acceptors (Lipinski definition) is 3. The molecule has 3 aliphatic heterocycles. The number of rotatable bonds is 16. The van der Waals surface area contributed by atoms with Gasteiger partial charge in [0.1, 0.15) is 0 Å². The van der Waals surface area contributed by atoms with Gasteiger partial charge in [-0.05, 0) is 109 Å². The van der Waals surface area contributed by atoms with Crippen LogP contribution in [0.4, 0.5) is 0 Å². The van der Waals surface area contributed by atoms with Crippen LogP contribution >= 0.6 is 0 Å². The molecule has 0 aliphatic carbocycles. The van der Waals surface area contributed by atoms with E-state index in [1.807, 2.05) is 0 Å². The number of allylic oxidation sites excluding steroid dienone is 4. The smallest absolute Gasteiger partial charge is 0.659 e. The van der Waals surface area contributed by atoms with Crippen molar-refractivity contribution in [3.05, 3.63) is 151 Å². The number of unbranched alkanes of at least 4 members (excludes halogenated alkanes) is 2. The van der Waals surface area contributed by atoms with Crippen molar-refractivity contribution in [3.8, 4) is 6.07 Å². The summed E-state index contributed by atoms with van der Waals surface area (Å²) < 4.78 is 0. The Morgan fingerprint density at radius 3 is 1.25 bits per heavy atom. The number of aromatic nitrogens is 2. The van der Waals surface area contributed by atoms with Crippen molar-refractivity contribution in [2.45, 2.75) is 165 Å². The largest absolute Gasteiger partial charge is 2.00 e. The van der Waals surface area contributed by atoms with Crippen molar-refractivity contribution >= 4 is 22.6 Å². The van der Waals surface area contributed by atoms with Crippen LogP contribution in [0.5, 0.6) is 0 Å². The molecule has 0 amide bonds. The van der Waals surface area contributed by atoms with Crippen LogP contribution in [0.3, 0.4) is 0 Å². The molecule has 0 atom stereocenters. The second kappa shape index (κ2) is 20.9. The van der Waals surface area contributed by atoms with Gasteiger partial charge in [-0.2, -0.15) is 5.26 Å². The molecule has 6 heteroatoms. The van der Waals surface area contributed by atoms with Crippen LogP contribution in [0, 0.1) is 17.2 Å². The van der Waals surface area contributed by atoms with Crippen molar-refractivity contribution in [2.75, 3.05) is 0 Å². The van der Waals surface area contributed by atoms with E-state index in [4.69, 9.17) is 20.0 Å². The molecular formula is C57H69N5Ni. The Hall–Kier alpha value is -4.72. The molecular weight excluding hydrogens is 813 g/mol. The molecule has 2 aromatic carbocycles. The maximum Gasteiger partial charge on any atom is 2.00 e. The summed E-state index contributed by atoms with van der Waals surface area (Å²) in [6.45, 7) is 22.8. The number of benzene rings is 2. The summed E-state index contributed by atoms with van der Waals surface area (Å²) in [5, 5.41) is 12.1. The first-order valence-electron chi connectivity index (χ1n) is 24.3. The van der Waals surface area contributed by atoms with E-state index in [1.54, 1.807) is 0 Å². The molecule has 0 spiro atoms. The van der Waals surface area contributed by atoms with Gasteiger partial charge < -0.3 is 9.97 Å². The third-order valence-electron chi connectivity index (χ3n) is 14.0. The predicted molar refractivity (Wildman–Crippen MR) is 261 cm³/mol. The standard InChI is InChI=1S/C57H69N5.Ni/c1-11-21-33-46-49-38(13-3)40(15-5)51(59-49)47(36-29-25-23-26-30-36)53-42(17-7)44(19-9)55(61-53)57(35-58,34-22-12-2)56-45(20-10)43(18-8)54(62-56)48(37-31-27-24-28-32-37)52-41(16-6)39(14-4)50(46)60-52;/h23-32,46H,11-22,33-34H2,1-10H3;/q-2;+2/b51-47-,52-48-;. The molecule has 4 aromatic rings. The van der Waals surface area contributed by atoms with E-state index < -0.39 is 5.41 Å². The maximum atomic E-state index is 12.1. The van der Waals surface area contributed by atoms with Crippen molar-refractivity contribution in [1.29, 1.82) is 5.26 Å². The van der Waals surface area contributed by atoms with Gasteiger partial charge in [0.15, 0.2) is 0 Å². The van der Waals surface area contributed by atoms with Gasteiger partial charge in [-0.25, -0.2) is 0 Å². The van der Waals surface area contributed by atoms with Crippen molar-refractivity contribution < 1.29 is 16.5 Å². The fraction of sp³-hybridized carbons (Fsp3) is 0.456. The monoisotopic (exact) mass is 881 g/mol. The van der Waals surface area contributed by atoms with E-state index in [-0.39, 0.29) is 22.4 Å². The first kappa shape index (κ1) is 47.8. The SMILES string of the molecule is CCCCC1C2=N/C(=C(/c3ccccc3)c3[n-]c(c(CC)c3CC)C(C#N)(CCCC)c3[n-]c(c(CC)c3CC)/C(c3ccccc3)=C3\N=C1C(CC)=C3CC)C(CC)=C2CC.[Ni+2]. The third kappa shape index (κ3) is 8.07. The number of hydrogen-bond donors (Lipinski definition) is 0. The van der Waals surface area contributed by atoms with E-state index in [2.05, 4.69) is 136 Å². The van der Waals surface area contributed by atoms with E-state index in [0.29, 0.717) is 6.42 Å². The van der Waals surface area contributed by atoms with Crippen LogP contribution in [-0.2, 0) is 47.6 Å². The van der Waals surface area contributed by atoms with Crippen LogP contribution < -0.4 is 9.97 Å². The number of nitrogens with zero attached hydrogens (tertiary/aromatic N) is 5. The quantitative estimate of drug-likeness (QED) is 0.105. The molecule has 0 N–H and O–H groups in total. The average molecular weight is 883 g/mol. The van der Waals surface area contributed by atoms with E-state index >= 15 is 0 Å². The Morgan fingerprint density at radius 2 is 0.921 bits per heavy atom. The Kier molecular flexibility index (Phi) is 15.8. The fourth-order valence-corrected chi connectivity index (χ4v) is 11.1. The third-order valence-corrected chi connectivity index (χ3v) is 14.0. The molecule has 0 fully saturated rings. The molecule has 0 radical (unpaired) electrons. The summed E-state index contributed by atoms with van der Waals surface area (Å²) in [5.41, 5.74) is 21.8. The summed E-state index contributed by atoms with van der Waals surface area (Å²) in [6.07, 6.45) is 12.3. The minimum absolute atomic E-state index is 0. The van der Waals surface area contributed by atoms with E-state index in [1.165, 1.54) is 56.0 Å².